The Morgan fingerprint density at radius 3 is 2.91 bits per heavy atom. The van der Waals surface area contributed by atoms with Gasteiger partial charge in [-0.3, -0.25) is 4.79 Å². The van der Waals surface area contributed by atoms with Crippen molar-refractivity contribution < 1.29 is 4.79 Å². The van der Waals surface area contributed by atoms with Crippen molar-refractivity contribution in [3.8, 4) is 0 Å². The average molecular weight is 251 g/mol. The molecular formula is C7H7BrOS2. The monoisotopic (exact) mass is 250 g/mol. The number of thiol groups is 1. The molecule has 11 heavy (non-hydrogen) atoms. The van der Waals surface area contributed by atoms with Crippen molar-refractivity contribution in [3.63, 3.8) is 0 Å². The molecule has 1 rings (SSSR count). The molecule has 0 aliphatic carbocycles. The van der Waals surface area contributed by atoms with Crippen LogP contribution in [-0.2, 0) is 0 Å². The van der Waals surface area contributed by atoms with E-state index in [0.717, 1.165) is 9.35 Å². The largest absolute Gasteiger partial charge is 0.293 e. The number of hydrogen-bond donors (Lipinski definition) is 1. The molecule has 0 aromatic carbocycles. The van der Waals surface area contributed by atoms with E-state index < -0.39 is 0 Å². The van der Waals surface area contributed by atoms with E-state index in [9.17, 15) is 4.79 Å². The van der Waals surface area contributed by atoms with E-state index in [0.29, 0.717) is 12.2 Å². The molecule has 1 aromatic rings. The van der Waals surface area contributed by atoms with Crippen LogP contribution in [0.3, 0.4) is 0 Å². The van der Waals surface area contributed by atoms with Gasteiger partial charge in [-0.25, -0.2) is 0 Å². The smallest absolute Gasteiger partial charge is 0.173 e. The van der Waals surface area contributed by atoms with Gasteiger partial charge in [0.25, 0.3) is 0 Å². The summed E-state index contributed by atoms with van der Waals surface area (Å²) in [7, 11) is 0. The van der Waals surface area contributed by atoms with Crippen molar-refractivity contribution in [2.24, 2.45) is 0 Å². The summed E-state index contributed by atoms with van der Waals surface area (Å²) in [5.74, 6) is 0.796. The lowest BCUT2D eigenvalue weighted by Crippen LogP contribution is -1.95. The molecule has 1 nitrogen and oxygen atoms in total. The summed E-state index contributed by atoms with van der Waals surface area (Å²) in [5.41, 5.74) is 0. The third-order valence-electron chi connectivity index (χ3n) is 1.18. The van der Waals surface area contributed by atoms with E-state index in [1.807, 2.05) is 11.4 Å². The highest BCUT2D eigenvalue weighted by molar-refractivity contribution is 9.10. The molecule has 1 aromatic heterocycles. The Labute approximate surface area is 83.4 Å². The van der Waals surface area contributed by atoms with E-state index in [2.05, 4.69) is 28.6 Å². The van der Waals surface area contributed by atoms with Crippen LogP contribution in [0.5, 0.6) is 0 Å². The third kappa shape index (κ3) is 2.61. The minimum Gasteiger partial charge on any atom is -0.293 e. The lowest BCUT2D eigenvalue weighted by atomic mass is 10.3. The number of Topliss-reactive ketones (excluding diaryl/α,β-unsaturated/α-hetero) is 1. The second kappa shape index (κ2) is 4.28. The van der Waals surface area contributed by atoms with Crippen LogP contribution in [-0.4, -0.2) is 11.5 Å². The topological polar surface area (TPSA) is 17.1 Å². The summed E-state index contributed by atoms with van der Waals surface area (Å²) in [4.78, 5) is 12.0. The molecule has 0 atom stereocenters. The van der Waals surface area contributed by atoms with E-state index in [1.165, 1.54) is 11.3 Å². The number of halogens is 1. The standard InChI is InChI=1S/C7H7BrOS2/c8-5-3-7(11-4-5)6(9)1-2-10/h3-4,10H,1-2H2. The maximum Gasteiger partial charge on any atom is 0.173 e. The summed E-state index contributed by atoms with van der Waals surface area (Å²) in [6, 6.07) is 1.84. The number of ketones is 1. The fourth-order valence-electron chi connectivity index (χ4n) is 0.684. The van der Waals surface area contributed by atoms with Crippen LogP contribution < -0.4 is 0 Å². The average Bonchev–Trinajstić information content (AvgIpc) is 2.36. The molecule has 0 aliphatic rings. The lowest BCUT2D eigenvalue weighted by molar-refractivity contribution is 0.0993. The third-order valence-corrected chi connectivity index (χ3v) is 3.14. The van der Waals surface area contributed by atoms with Crippen molar-refractivity contribution in [3.05, 3.63) is 20.8 Å². The fraction of sp³-hybridized carbons (Fsp3) is 0.286. The fourth-order valence-corrected chi connectivity index (χ4v) is 2.28. The molecule has 0 saturated carbocycles. The van der Waals surface area contributed by atoms with Crippen LogP contribution in [0.15, 0.2) is 15.9 Å². The van der Waals surface area contributed by atoms with Crippen LogP contribution >= 0.6 is 39.9 Å². The van der Waals surface area contributed by atoms with Crippen molar-refractivity contribution >= 4 is 45.7 Å². The molecule has 0 spiro atoms. The first-order valence-corrected chi connectivity index (χ1v) is 5.42. The zero-order chi connectivity index (χ0) is 8.27. The summed E-state index contributed by atoms with van der Waals surface area (Å²) >= 11 is 8.75. The van der Waals surface area contributed by atoms with Gasteiger partial charge in [0.1, 0.15) is 0 Å². The maximum absolute atomic E-state index is 11.2. The molecule has 1 heterocycles. The molecule has 0 unspecified atom stereocenters. The number of thiophene rings is 1. The molecule has 0 radical (unpaired) electrons. The number of hydrogen-bond acceptors (Lipinski definition) is 3. The highest BCUT2D eigenvalue weighted by Gasteiger charge is 2.06. The quantitative estimate of drug-likeness (QED) is 0.645. The number of carbonyl (C=O) groups is 1. The van der Waals surface area contributed by atoms with Crippen molar-refractivity contribution in [1.82, 2.24) is 0 Å². The zero-order valence-corrected chi connectivity index (χ0v) is 9.01. The highest BCUT2D eigenvalue weighted by atomic mass is 79.9. The zero-order valence-electron chi connectivity index (χ0n) is 5.71. The normalized spacial score (nSPS) is 10.0. The number of rotatable bonds is 3. The highest BCUT2D eigenvalue weighted by Crippen LogP contribution is 2.20. The summed E-state index contributed by atoms with van der Waals surface area (Å²) in [6.07, 6.45) is 0.524. The summed E-state index contributed by atoms with van der Waals surface area (Å²) in [6.45, 7) is 0. The van der Waals surface area contributed by atoms with Crippen LogP contribution in [0, 0.1) is 0 Å². The van der Waals surface area contributed by atoms with Gasteiger partial charge < -0.3 is 0 Å². The van der Waals surface area contributed by atoms with E-state index in [4.69, 9.17) is 0 Å². The van der Waals surface area contributed by atoms with E-state index >= 15 is 0 Å². The van der Waals surface area contributed by atoms with Crippen molar-refractivity contribution in [1.29, 1.82) is 0 Å². The molecule has 60 valence electrons. The van der Waals surface area contributed by atoms with Crippen LogP contribution in [0.1, 0.15) is 16.1 Å². The molecule has 0 aliphatic heterocycles. The van der Waals surface area contributed by atoms with Gasteiger partial charge in [-0.15, -0.1) is 11.3 Å². The first kappa shape index (κ1) is 9.29. The molecule has 4 heteroatoms. The maximum atomic E-state index is 11.2. The Morgan fingerprint density at radius 2 is 2.45 bits per heavy atom. The predicted octanol–water partition coefficient (Wildman–Crippen LogP) is 3.01. The minimum absolute atomic E-state index is 0.177. The number of carbonyl (C=O) groups excluding carboxylic acids is 1. The first-order chi connectivity index (χ1) is 5.24. The van der Waals surface area contributed by atoms with Crippen LogP contribution in [0.2, 0.25) is 0 Å². The van der Waals surface area contributed by atoms with E-state index in [1.54, 1.807) is 0 Å². The van der Waals surface area contributed by atoms with Gasteiger partial charge in [-0.1, -0.05) is 0 Å². The Balaban J connectivity index is 2.69. The lowest BCUT2D eigenvalue weighted by Gasteiger charge is -1.90. The van der Waals surface area contributed by atoms with Crippen molar-refractivity contribution in [2.45, 2.75) is 6.42 Å². The van der Waals surface area contributed by atoms with Gasteiger partial charge in [-0.05, 0) is 27.7 Å². The molecule has 0 saturated heterocycles. The molecule has 0 bridgehead atoms. The SMILES string of the molecule is O=C(CCS)c1cc(Br)cs1. The Kier molecular flexibility index (Phi) is 3.62. The Bertz CT molecular complexity index is 257. The van der Waals surface area contributed by atoms with Gasteiger partial charge in [0, 0.05) is 16.3 Å². The Hall–Kier alpha value is 0.200. The van der Waals surface area contributed by atoms with Gasteiger partial charge in [0.05, 0.1) is 4.88 Å². The van der Waals surface area contributed by atoms with Gasteiger partial charge in [-0.2, -0.15) is 12.6 Å². The van der Waals surface area contributed by atoms with Gasteiger partial charge >= 0.3 is 0 Å². The summed E-state index contributed by atoms with van der Waals surface area (Å²) < 4.78 is 0.977. The minimum atomic E-state index is 0.177. The second-order valence-corrected chi connectivity index (χ2v) is 4.30. The summed E-state index contributed by atoms with van der Waals surface area (Å²) in [5, 5.41) is 1.91. The van der Waals surface area contributed by atoms with Crippen molar-refractivity contribution in [2.75, 3.05) is 5.75 Å². The second-order valence-electron chi connectivity index (χ2n) is 2.03. The Morgan fingerprint density at radius 1 is 1.73 bits per heavy atom. The van der Waals surface area contributed by atoms with Gasteiger partial charge in [0.15, 0.2) is 5.78 Å². The van der Waals surface area contributed by atoms with E-state index in [-0.39, 0.29) is 5.78 Å². The van der Waals surface area contributed by atoms with Gasteiger partial charge in [0.2, 0.25) is 0 Å². The molecule has 0 N–H and O–H groups in total. The first-order valence-electron chi connectivity index (χ1n) is 3.12. The van der Waals surface area contributed by atoms with Crippen LogP contribution in [0.25, 0.3) is 0 Å². The molecule has 0 amide bonds. The van der Waals surface area contributed by atoms with Crippen LogP contribution in [0.4, 0.5) is 0 Å². The molecular weight excluding hydrogens is 244 g/mol. The predicted molar refractivity (Wildman–Crippen MR) is 54.8 cm³/mol. The molecule has 0 fully saturated rings.